The van der Waals surface area contributed by atoms with Crippen LogP contribution in [0.2, 0.25) is 0 Å². The summed E-state index contributed by atoms with van der Waals surface area (Å²) in [5, 5.41) is 7.24. The summed E-state index contributed by atoms with van der Waals surface area (Å²) < 4.78 is 8.77. The zero-order valence-electron chi connectivity index (χ0n) is 33.2. The number of aromatic nitrogens is 1. The second kappa shape index (κ2) is 14.3. The van der Waals surface area contributed by atoms with Gasteiger partial charge in [-0.15, -0.1) is 0 Å². The van der Waals surface area contributed by atoms with E-state index in [0.29, 0.717) is 0 Å². The third-order valence-electron chi connectivity index (χ3n) is 12.2. The van der Waals surface area contributed by atoms with Crippen LogP contribution < -0.4 is 4.90 Å². The monoisotopic (exact) mass is 778 g/mol. The van der Waals surface area contributed by atoms with E-state index in [-0.39, 0.29) is 0 Å². The number of rotatable bonds is 7. The zero-order valence-corrected chi connectivity index (χ0v) is 33.2. The highest BCUT2D eigenvalue weighted by Crippen LogP contribution is 2.45. The lowest BCUT2D eigenvalue weighted by atomic mass is 9.96. The molecule has 10 aromatic carbocycles. The van der Waals surface area contributed by atoms with E-state index < -0.39 is 0 Å². The summed E-state index contributed by atoms with van der Waals surface area (Å²) >= 11 is 0. The molecule has 0 unspecified atom stereocenters. The van der Waals surface area contributed by atoms with Gasteiger partial charge in [0.25, 0.3) is 0 Å². The maximum Gasteiger partial charge on any atom is 0.136 e. The van der Waals surface area contributed by atoms with Gasteiger partial charge in [0.05, 0.1) is 16.7 Å². The summed E-state index contributed by atoms with van der Waals surface area (Å²) in [4.78, 5) is 2.39. The fourth-order valence-electron chi connectivity index (χ4n) is 9.42. The molecule has 2 heterocycles. The Morgan fingerprint density at radius 1 is 0.344 bits per heavy atom. The van der Waals surface area contributed by atoms with Crippen LogP contribution in [0.5, 0.6) is 0 Å². The molecule has 286 valence electrons. The van der Waals surface area contributed by atoms with Gasteiger partial charge in [-0.25, -0.2) is 0 Å². The minimum atomic E-state index is 0.881. The Kier molecular flexibility index (Phi) is 8.17. The molecular formula is C58H38N2O. The third-order valence-corrected chi connectivity index (χ3v) is 12.2. The normalized spacial score (nSPS) is 11.6. The number of benzene rings is 10. The van der Waals surface area contributed by atoms with Crippen molar-refractivity contribution in [2.45, 2.75) is 0 Å². The molecule has 61 heavy (non-hydrogen) atoms. The average Bonchev–Trinajstić information content (AvgIpc) is 3.88. The van der Waals surface area contributed by atoms with Crippen LogP contribution in [0.4, 0.5) is 17.1 Å². The maximum atomic E-state index is 6.38. The molecular weight excluding hydrogens is 741 g/mol. The highest BCUT2D eigenvalue weighted by molar-refractivity contribution is 6.14. The first-order valence-electron chi connectivity index (χ1n) is 20.8. The summed E-state index contributed by atoms with van der Waals surface area (Å²) in [6.07, 6.45) is 0. The molecule has 0 spiro atoms. The third kappa shape index (κ3) is 5.82. The van der Waals surface area contributed by atoms with Crippen molar-refractivity contribution in [2.24, 2.45) is 0 Å². The number of anilines is 3. The van der Waals surface area contributed by atoms with Gasteiger partial charge in [-0.2, -0.15) is 0 Å². The second-order valence-corrected chi connectivity index (χ2v) is 15.7. The molecule has 0 aliphatic heterocycles. The standard InChI is InChI=1S/C58H38N2O/c1-2-18-46-40(14-1)15-12-23-47(46)41-32-36-44(37-33-41)59(53-25-7-5-21-50(53)51-24-13-29-57-58(51)52-22-6-10-28-56(52)61-57)43-34-30-39(31-35-43)42-16-11-17-45(38-42)60-54-26-8-3-19-48(54)49-20-4-9-27-55(49)60/h1-38H. The average molecular weight is 779 g/mol. The van der Waals surface area contributed by atoms with Crippen molar-refractivity contribution in [2.75, 3.05) is 4.90 Å². The predicted octanol–water partition coefficient (Wildman–Crippen LogP) is 16.3. The van der Waals surface area contributed by atoms with E-state index in [1.165, 1.54) is 43.7 Å². The Hall–Kier alpha value is -8.14. The molecule has 0 amide bonds. The largest absolute Gasteiger partial charge is 0.456 e. The molecule has 0 aliphatic carbocycles. The zero-order chi connectivity index (χ0) is 40.3. The van der Waals surface area contributed by atoms with Gasteiger partial charge in [-0.1, -0.05) is 164 Å². The molecule has 0 radical (unpaired) electrons. The minimum absolute atomic E-state index is 0.881. The first kappa shape index (κ1) is 34.9. The molecule has 3 nitrogen and oxygen atoms in total. The predicted molar refractivity (Wildman–Crippen MR) is 257 cm³/mol. The van der Waals surface area contributed by atoms with Crippen molar-refractivity contribution in [1.82, 2.24) is 4.57 Å². The van der Waals surface area contributed by atoms with Crippen molar-refractivity contribution in [1.29, 1.82) is 0 Å². The molecule has 0 saturated heterocycles. The Bertz CT molecular complexity index is 3530. The van der Waals surface area contributed by atoms with E-state index in [0.717, 1.165) is 66.9 Å². The van der Waals surface area contributed by atoms with Crippen LogP contribution >= 0.6 is 0 Å². The van der Waals surface area contributed by atoms with Crippen molar-refractivity contribution >= 4 is 71.6 Å². The van der Waals surface area contributed by atoms with Crippen molar-refractivity contribution in [3.05, 3.63) is 231 Å². The fraction of sp³-hybridized carbons (Fsp3) is 0. The number of para-hydroxylation sites is 4. The van der Waals surface area contributed by atoms with Crippen molar-refractivity contribution < 1.29 is 4.42 Å². The number of fused-ring (bicyclic) bond motifs is 7. The van der Waals surface area contributed by atoms with Crippen LogP contribution in [0.15, 0.2) is 235 Å². The van der Waals surface area contributed by atoms with E-state index in [4.69, 9.17) is 4.42 Å². The lowest BCUT2D eigenvalue weighted by Gasteiger charge is -2.28. The summed E-state index contributed by atoms with van der Waals surface area (Å²) in [6.45, 7) is 0. The number of hydrogen-bond acceptors (Lipinski definition) is 2. The Morgan fingerprint density at radius 3 is 1.66 bits per heavy atom. The molecule has 2 aromatic heterocycles. The number of hydrogen-bond donors (Lipinski definition) is 0. The van der Waals surface area contributed by atoms with E-state index in [9.17, 15) is 0 Å². The van der Waals surface area contributed by atoms with Crippen LogP contribution in [-0.2, 0) is 0 Å². The first-order valence-corrected chi connectivity index (χ1v) is 20.8. The summed E-state index contributed by atoms with van der Waals surface area (Å²) in [7, 11) is 0. The lowest BCUT2D eigenvalue weighted by Crippen LogP contribution is -2.11. The molecule has 12 rings (SSSR count). The lowest BCUT2D eigenvalue weighted by molar-refractivity contribution is 0.669. The van der Waals surface area contributed by atoms with Gasteiger partial charge in [0.2, 0.25) is 0 Å². The quantitative estimate of drug-likeness (QED) is 0.161. The molecule has 12 aromatic rings. The topological polar surface area (TPSA) is 21.3 Å². The summed E-state index contributed by atoms with van der Waals surface area (Å²) in [5.41, 5.74) is 15.5. The van der Waals surface area contributed by atoms with Crippen molar-refractivity contribution in [3.8, 4) is 39.1 Å². The molecule has 0 fully saturated rings. The van der Waals surface area contributed by atoms with E-state index in [1.54, 1.807) is 0 Å². The second-order valence-electron chi connectivity index (χ2n) is 15.7. The van der Waals surface area contributed by atoms with Crippen LogP contribution in [-0.4, -0.2) is 4.57 Å². The van der Waals surface area contributed by atoms with Crippen LogP contribution in [0.3, 0.4) is 0 Å². The van der Waals surface area contributed by atoms with E-state index in [2.05, 4.69) is 234 Å². The Balaban J connectivity index is 0.994. The summed E-state index contributed by atoms with van der Waals surface area (Å²) in [6, 6.07) is 82.9. The van der Waals surface area contributed by atoms with Crippen LogP contribution in [0.1, 0.15) is 0 Å². The van der Waals surface area contributed by atoms with Crippen molar-refractivity contribution in [3.63, 3.8) is 0 Å². The SMILES string of the molecule is c1cc(-c2ccc(N(c3ccc(-c4cccc5ccccc45)cc3)c3ccccc3-c3cccc4oc5ccccc5c34)cc2)cc(-n2c3ccccc3c3ccccc32)c1. The van der Waals surface area contributed by atoms with Crippen LogP contribution in [0, 0.1) is 0 Å². The Morgan fingerprint density at radius 2 is 0.885 bits per heavy atom. The van der Waals surface area contributed by atoms with E-state index in [1.807, 2.05) is 6.07 Å². The molecule has 0 aliphatic rings. The molecule has 0 N–H and O–H groups in total. The van der Waals surface area contributed by atoms with Gasteiger partial charge in [0, 0.05) is 44.2 Å². The van der Waals surface area contributed by atoms with Gasteiger partial charge < -0.3 is 13.9 Å². The molecule has 0 atom stereocenters. The highest BCUT2D eigenvalue weighted by atomic mass is 16.3. The summed E-state index contributed by atoms with van der Waals surface area (Å²) in [5.74, 6) is 0. The number of nitrogens with zero attached hydrogens (tertiary/aromatic N) is 2. The maximum absolute atomic E-state index is 6.38. The van der Waals surface area contributed by atoms with Gasteiger partial charge in [-0.05, 0) is 105 Å². The fourth-order valence-corrected chi connectivity index (χ4v) is 9.42. The smallest absolute Gasteiger partial charge is 0.136 e. The first-order chi connectivity index (χ1) is 30.3. The molecule has 3 heteroatoms. The Labute approximate surface area is 353 Å². The van der Waals surface area contributed by atoms with Gasteiger partial charge in [0.1, 0.15) is 11.2 Å². The van der Waals surface area contributed by atoms with Crippen LogP contribution in [0.25, 0.3) is 93.6 Å². The molecule has 0 saturated carbocycles. The van der Waals surface area contributed by atoms with Gasteiger partial charge in [-0.3, -0.25) is 0 Å². The number of furan rings is 1. The molecule has 0 bridgehead atoms. The minimum Gasteiger partial charge on any atom is -0.456 e. The van der Waals surface area contributed by atoms with Gasteiger partial charge in [0.15, 0.2) is 0 Å². The van der Waals surface area contributed by atoms with Gasteiger partial charge >= 0.3 is 0 Å². The highest BCUT2D eigenvalue weighted by Gasteiger charge is 2.21. The van der Waals surface area contributed by atoms with E-state index >= 15 is 0 Å².